The Morgan fingerprint density at radius 2 is 0.610 bits per heavy atom. The molecule has 0 radical (unpaired) electrons. The highest BCUT2D eigenvalue weighted by Gasteiger charge is 2.35. The molecule has 0 unspecified atom stereocenters. The zero-order valence-electron chi connectivity index (χ0n) is 33.3. The molecular weight excluding hydrogens is 713 g/mol. The molecule has 10 rings (SSSR count). The summed E-state index contributed by atoms with van der Waals surface area (Å²) in [5.41, 5.74) is 19.0. The van der Waals surface area contributed by atoms with Gasteiger partial charge >= 0.3 is 0 Å². The van der Waals surface area contributed by atoms with Crippen molar-refractivity contribution in [1.82, 2.24) is 0 Å². The number of benzene rings is 9. The van der Waals surface area contributed by atoms with E-state index in [2.05, 4.69) is 254 Å². The van der Waals surface area contributed by atoms with Gasteiger partial charge in [0, 0.05) is 39.5 Å². The van der Waals surface area contributed by atoms with Crippen molar-refractivity contribution in [3.63, 3.8) is 0 Å². The maximum absolute atomic E-state index is 2.41. The largest absolute Gasteiger partial charge is 0.310 e. The standard InChI is InChI=1S/C57H44N2/c1-57(2)55-34-20-19-33-53(55)54-39-41(35-36-56(54)57)49-29-15-17-31-51(49)52-32-18-16-30-50(52)42-37-47(58(43-21-7-3-8-22-43)44-23-9-4-10-24-44)40-48(38-42)59(45-25-11-5-12-26-45)46-27-13-6-14-28-46/h3-40H,1-2H3. The van der Waals surface area contributed by atoms with Gasteiger partial charge in [-0.3, -0.25) is 0 Å². The van der Waals surface area contributed by atoms with E-state index < -0.39 is 0 Å². The molecule has 2 nitrogen and oxygen atoms in total. The van der Waals surface area contributed by atoms with Crippen molar-refractivity contribution in [2.75, 3.05) is 9.80 Å². The molecule has 0 heterocycles. The fourth-order valence-electron chi connectivity index (χ4n) is 9.04. The van der Waals surface area contributed by atoms with E-state index in [1.54, 1.807) is 0 Å². The summed E-state index contributed by atoms with van der Waals surface area (Å²) in [4.78, 5) is 4.73. The molecule has 0 aliphatic heterocycles. The van der Waals surface area contributed by atoms with E-state index in [1.165, 1.54) is 44.5 Å². The Bertz CT molecular complexity index is 2720. The summed E-state index contributed by atoms with van der Waals surface area (Å²) >= 11 is 0. The van der Waals surface area contributed by atoms with Gasteiger partial charge in [0.2, 0.25) is 0 Å². The van der Waals surface area contributed by atoms with E-state index >= 15 is 0 Å². The Labute approximate surface area is 347 Å². The first-order valence-corrected chi connectivity index (χ1v) is 20.4. The number of rotatable bonds is 9. The lowest BCUT2D eigenvalue weighted by Gasteiger charge is -2.30. The lowest BCUT2D eigenvalue weighted by atomic mass is 9.82. The van der Waals surface area contributed by atoms with Gasteiger partial charge in [0.25, 0.3) is 0 Å². The van der Waals surface area contributed by atoms with Gasteiger partial charge in [0.1, 0.15) is 0 Å². The highest BCUT2D eigenvalue weighted by molar-refractivity contribution is 5.96. The second-order valence-corrected chi connectivity index (χ2v) is 15.8. The number of fused-ring (bicyclic) bond motifs is 3. The van der Waals surface area contributed by atoms with Crippen LogP contribution in [0.15, 0.2) is 231 Å². The Morgan fingerprint density at radius 1 is 0.254 bits per heavy atom. The smallest absolute Gasteiger partial charge is 0.0488 e. The lowest BCUT2D eigenvalue weighted by molar-refractivity contribution is 0.660. The molecule has 0 bridgehead atoms. The highest BCUT2D eigenvalue weighted by atomic mass is 15.2. The van der Waals surface area contributed by atoms with Gasteiger partial charge in [-0.1, -0.05) is 172 Å². The fraction of sp³-hybridized carbons (Fsp3) is 0.0526. The van der Waals surface area contributed by atoms with Crippen molar-refractivity contribution in [1.29, 1.82) is 0 Å². The minimum atomic E-state index is -0.0416. The van der Waals surface area contributed by atoms with Gasteiger partial charge in [-0.25, -0.2) is 0 Å². The van der Waals surface area contributed by atoms with Crippen LogP contribution in [-0.2, 0) is 5.41 Å². The van der Waals surface area contributed by atoms with E-state index in [0.717, 1.165) is 45.3 Å². The normalized spacial score (nSPS) is 12.4. The Hall–Kier alpha value is -7.42. The molecule has 9 aromatic carbocycles. The van der Waals surface area contributed by atoms with Crippen molar-refractivity contribution in [3.8, 4) is 44.5 Å². The maximum Gasteiger partial charge on any atom is 0.0488 e. The predicted molar refractivity (Wildman–Crippen MR) is 250 cm³/mol. The fourth-order valence-corrected chi connectivity index (χ4v) is 9.04. The lowest BCUT2D eigenvalue weighted by Crippen LogP contribution is -2.14. The molecule has 1 aliphatic carbocycles. The summed E-state index contributed by atoms with van der Waals surface area (Å²) in [6.45, 7) is 4.69. The first kappa shape index (κ1) is 36.0. The average Bonchev–Trinajstić information content (AvgIpc) is 3.53. The molecule has 59 heavy (non-hydrogen) atoms. The average molecular weight is 757 g/mol. The quantitative estimate of drug-likeness (QED) is 0.145. The van der Waals surface area contributed by atoms with Gasteiger partial charge in [-0.05, 0) is 128 Å². The number of nitrogens with zero attached hydrogens (tertiary/aromatic N) is 2. The van der Waals surface area contributed by atoms with E-state index in [1.807, 2.05) is 0 Å². The molecule has 0 amide bonds. The zero-order valence-corrected chi connectivity index (χ0v) is 33.3. The molecule has 9 aromatic rings. The van der Waals surface area contributed by atoms with Gasteiger partial charge in [0.05, 0.1) is 0 Å². The molecule has 0 aromatic heterocycles. The number of anilines is 6. The minimum Gasteiger partial charge on any atom is -0.310 e. The van der Waals surface area contributed by atoms with Crippen molar-refractivity contribution in [3.05, 3.63) is 242 Å². The number of hydrogen-bond acceptors (Lipinski definition) is 2. The molecule has 282 valence electrons. The molecule has 0 saturated carbocycles. The zero-order chi connectivity index (χ0) is 39.8. The highest BCUT2D eigenvalue weighted by Crippen LogP contribution is 2.51. The Morgan fingerprint density at radius 3 is 1.07 bits per heavy atom. The summed E-state index contributed by atoms with van der Waals surface area (Å²) in [6, 6.07) is 83.5. The van der Waals surface area contributed by atoms with Crippen LogP contribution >= 0.6 is 0 Å². The second kappa shape index (κ2) is 15.2. The van der Waals surface area contributed by atoms with Crippen LogP contribution in [0, 0.1) is 0 Å². The van der Waals surface area contributed by atoms with Gasteiger partial charge < -0.3 is 9.80 Å². The molecule has 1 aliphatic rings. The third kappa shape index (κ3) is 6.59. The predicted octanol–water partition coefficient (Wildman–Crippen LogP) is 15.9. The molecule has 0 N–H and O–H groups in total. The van der Waals surface area contributed by atoms with Crippen LogP contribution in [-0.4, -0.2) is 0 Å². The van der Waals surface area contributed by atoms with Crippen LogP contribution in [0.4, 0.5) is 34.1 Å². The van der Waals surface area contributed by atoms with Crippen molar-refractivity contribution in [2.24, 2.45) is 0 Å². The van der Waals surface area contributed by atoms with Crippen LogP contribution in [0.3, 0.4) is 0 Å². The van der Waals surface area contributed by atoms with Crippen molar-refractivity contribution < 1.29 is 0 Å². The molecule has 0 spiro atoms. The van der Waals surface area contributed by atoms with Crippen LogP contribution in [0.5, 0.6) is 0 Å². The topological polar surface area (TPSA) is 6.48 Å². The van der Waals surface area contributed by atoms with E-state index in [9.17, 15) is 0 Å². The van der Waals surface area contributed by atoms with Crippen LogP contribution in [0.1, 0.15) is 25.0 Å². The third-order valence-corrected chi connectivity index (χ3v) is 11.8. The van der Waals surface area contributed by atoms with Gasteiger partial charge in [-0.15, -0.1) is 0 Å². The molecule has 0 fully saturated rings. The van der Waals surface area contributed by atoms with Crippen LogP contribution in [0.25, 0.3) is 44.5 Å². The molecular formula is C57H44N2. The van der Waals surface area contributed by atoms with E-state index in [4.69, 9.17) is 0 Å². The summed E-state index contributed by atoms with van der Waals surface area (Å²) in [5.74, 6) is 0. The Kier molecular flexibility index (Phi) is 9.24. The minimum absolute atomic E-state index is 0.0416. The number of hydrogen-bond donors (Lipinski definition) is 0. The summed E-state index contributed by atoms with van der Waals surface area (Å²) in [5, 5.41) is 0. The first-order chi connectivity index (χ1) is 29.0. The van der Waals surface area contributed by atoms with Crippen LogP contribution < -0.4 is 9.80 Å². The third-order valence-electron chi connectivity index (χ3n) is 11.8. The Balaban J connectivity index is 1.19. The number of para-hydroxylation sites is 4. The summed E-state index contributed by atoms with van der Waals surface area (Å²) in [7, 11) is 0. The molecule has 0 atom stereocenters. The van der Waals surface area contributed by atoms with Crippen LogP contribution in [0.2, 0.25) is 0 Å². The first-order valence-electron chi connectivity index (χ1n) is 20.4. The summed E-state index contributed by atoms with van der Waals surface area (Å²) < 4.78 is 0. The molecule has 2 heteroatoms. The second-order valence-electron chi connectivity index (χ2n) is 15.8. The van der Waals surface area contributed by atoms with Crippen molar-refractivity contribution in [2.45, 2.75) is 19.3 Å². The maximum atomic E-state index is 2.41. The van der Waals surface area contributed by atoms with Crippen molar-refractivity contribution >= 4 is 34.1 Å². The van der Waals surface area contributed by atoms with Gasteiger partial charge in [0.15, 0.2) is 0 Å². The molecule has 0 saturated heterocycles. The van der Waals surface area contributed by atoms with E-state index in [0.29, 0.717) is 0 Å². The summed E-state index contributed by atoms with van der Waals surface area (Å²) in [6.07, 6.45) is 0. The monoisotopic (exact) mass is 756 g/mol. The van der Waals surface area contributed by atoms with E-state index in [-0.39, 0.29) is 5.41 Å². The van der Waals surface area contributed by atoms with Gasteiger partial charge in [-0.2, -0.15) is 0 Å². The SMILES string of the molecule is CC1(C)c2ccccc2-c2cc(-c3ccccc3-c3ccccc3-c3cc(N(c4ccccc4)c4ccccc4)cc(N(c4ccccc4)c4ccccc4)c3)ccc21.